The molecule has 2 aromatic carbocycles. The van der Waals surface area contributed by atoms with Gasteiger partial charge in [0.1, 0.15) is 17.6 Å². The summed E-state index contributed by atoms with van der Waals surface area (Å²) in [5.74, 6) is 1.57. The van der Waals surface area contributed by atoms with Gasteiger partial charge in [0, 0.05) is 24.2 Å². The monoisotopic (exact) mass is 359 g/mol. The summed E-state index contributed by atoms with van der Waals surface area (Å²) in [4.78, 5) is 2.31. The molecule has 1 N–H and O–H groups in total. The fourth-order valence-electron chi connectivity index (χ4n) is 3.31. The number of hydrogen-bond acceptors (Lipinski definition) is 4. The predicted molar refractivity (Wildman–Crippen MR) is 99.9 cm³/mol. The van der Waals surface area contributed by atoms with Gasteiger partial charge in [0.05, 0.1) is 19.8 Å². The standard InChI is InChI=1S/C20H21NO3.ClH/c22-20-16-8-4-5-9-17(16)24-18(14-21-10-12-23-13-11-21)19(20)15-6-2-1-3-7-15;/h1-9,20,22H,10-14H2;1H. The minimum absolute atomic E-state index is 0. The molecule has 2 aromatic rings. The van der Waals surface area contributed by atoms with E-state index in [1.165, 1.54) is 0 Å². The molecule has 4 rings (SSSR count). The van der Waals surface area contributed by atoms with Crippen LogP contribution in [-0.2, 0) is 4.74 Å². The van der Waals surface area contributed by atoms with Crippen LogP contribution in [0.25, 0.3) is 5.57 Å². The Morgan fingerprint density at radius 3 is 2.40 bits per heavy atom. The van der Waals surface area contributed by atoms with Gasteiger partial charge in [-0.15, -0.1) is 12.4 Å². The third kappa shape index (κ3) is 3.72. The first-order valence-electron chi connectivity index (χ1n) is 8.36. The van der Waals surface area contributed by atoms with Crippen LogP contribution in [0.1, 0.15) is 17.2 Å². The van der Waals surface area contributed by atoms with Crippen molar-refractivity contribution in [3.63, 3.8) is 0 Å². The number of ether oxygens (including phenoxy) is 2. The molecule has 1 fully saturated rings. The van der Waals surface area contributed by atoms with E-state index in [9.17, 15) is 5.11 Å². The van der Waals surface area contributed by atoms with E-state index in [2.05, 4.69) is 4.90 Å². The van der Waals surface area contributed by atoms with Crippen LogP contribution >= 0.6 is 12.4 Å². The molecule has 2 heterocycles. The van der Waals surface area contributed by atoms with Crippen LogP contribution in [0.4, 0.5) is 0 Å². The van der Waals surface area contributed by atoms with Crippen molar-refractivity contribution in [1.29, 1.82) is 0 Å². The maximum Gasteiger partial charge on any atom is 0.133 e. The van der Waals surface area contributed by atoms with Crippen LogP contribution in [0.3, 0.4) is 0 Å². The number of rotatable bonds is 3. The normalized spacial score (nSPS) is 20.4. The first-order valence-corrected chi connectivity index (χ1v) is 8.36. The van der Waals surface area contributed by atoms with Gasteiger partial charge in [-0.1, -0.05) is 48.5 Å². The van der Waals surface area contributed by atoms with Crippen LogP contribution in [0, 0.1) is 0 Å². The lowest BCUT2D eigenvalue weighted by Gasteiger charge is -2.32. The Kier molecular flexibility index (Phi) is 5.76. The topological polar surface area (TPSA) is 41.9 Å². The Hall–Kier alpha value is -1.85. The number of para-hydroxylation sites is 1. The average molecular weight is 360 g/mol. The largest absolute Gasteiger partial charge is 0.460 e. The molecular formula is C20H22ClNO3. The molecule has 0 amide bonds. The maximum atomic E-state index is 11.0. The number of halogens is 1. The SMILES string of the molecule is Cl.OC1C(c2ccccc2)=C(CN2CCOCC2)Oc2ccccc21. The van der Waals surface area contributed by atoms with E-state index in [0.29, 0.717) is 6.54 Å². The molecule has 0 aromatic heterocycles. The quantitative estimate of drug-likeness (QED) is 0.913. The Morgan fingerprint density at radius 1 is 0.960 bits per heavy atom. The molecular weight excluding hydrogens is 338 g/mol. The van der Waals surface area contributed by atoms with Gasteiger partial charge in [-0.2, -0.15) is 0 Å². The molecule has 25 heavy (non-hydrogen) atoms. The maximum absolute atomic E-state index is 11.0. The summed E-state index contributed by atoms with van der Waals surface area (Å²) in [6.45, 7) is 3.93. The zero-order valence-corrected chi connectivity index (χ0v) is 14.7. The van der Waals surface area contributed by atoms with E-state index in [1.54, 1.807) is 0 Å². The van der Waals surface area contributed by atoms with Gasteiger partial charge in [0.2, 0.25) is 0 Å². The van der Waals surface area contributed by atoms with Crippen molar-refractivity contribution < 1.29 is 14.6 Å². The molecule has 0 radical (unpaired) electrons. The average Bonchev–Trinajstić information content (AvgIpc) is 2.64. The number of aliphatic hydroxyl groups is 1. The lowest BCUT2D eigenvalue weighted by Crippen LogP contribution is -2.39. The van der Waals surface area contributed by atoms with Crippen molar-refractivity contribution in [2.24, 2.45) is 0 Å². The summed E-state index contributed by atoms with van der Waals surface area (Å²) in [5, 5.41) is 11.0. The lowest BCUT2D eigenvalue weighted by atomic mass is 9.91. The van der Waals surface area contributed by atoms with Crippen molar-refractivity contribution in [1.82, 2.24) is 4.90 Å². The summed E-state index contributed by atoms with van der Waals surface area (Å²) in [6, 6.07) is 17.7. The smallest absolute Gasteiger partial charge is 0.133 e. The second kappa shape index (κ2) is 8.02. The number of aliphatic hydroxyl groups excluding tert-OH is 1. The van der Waals surface area contributed by atoms with Gasteiger partial charge < -0.3 is 14.6 Å². The highest BCUT2D eigenvalue weighted by atomic mass is 35.5. The number of fused-ring (bicyclic) bond motifs is 1. The zero-order chi connectivity index (χ0) is 16.4. The third-order valence-electron chi connectivity index (χ3n) is 4.58. The van der Waals surface area contributed by atoms with Crippen LogP contribution in [0.2, 0.25) is 0 Å². The molecule has 1 unspecified atom stereocenters. The minimum atomic E-state index is -0.673. The summed E-state index contributed by atoms with van der Waals surface area (Å²) in [7, 11) is 0. The van der Waals surface area contributed by atoms with Crippen LogP contribution in [0.5, 0.6) is 5.75 Å². The van der Waals surface area contributed by atoms with Crippen molar-refractivity contribution in [3.8, 4) is 5.75 Å². The van der Waals surface area contributed by atoms with E-state index in [1.807, 2.05) is 54.6 Å². The molecule has 4 nitrogen and oxygen atoms in total. The molecule has 0 bridgehead atoms. The Bertz CT molecular complexity index is 742. The van der Waals surface area contributed by atoms with Gasteiger partial charge in [0.25, 0.3) is 0 Å². The fourth-order valence-corrected chi connectivity index (χ4v) is 3.31. The molecule has 1 atom stereocenters. The highest BCUT2D eigenvalue weighted by Gasteiger charge is 2.30. The van der Waals surface area contributed by atoms with Crippen molar-refractivity contribution in [2.45, 2.75) is 6.10 Å². The van der Waals surface area contributed by atoms with Crippen molar-refractivity contribution in [2.75, 3.05) is 32.8 Å². The molecule has 1 saturated heterocycles. The van der Waals surface area contributed by atoms with E-state index in [0.717, 1.165) is 54.5 Å². The van der Waals surface area contributed by atoms with Crippen molar-refractivity contribution in [3.05, 3.63) is 71.5 Å². The summed E-state index contributed by atoms with van der Waals surface area (Å²) < 4.78 is 11.6. The second-order valence-corrected chi connectivity index (χ2v) is 6.13. The number of nitrogens with zero attached hydrogens (tertiary/aromatic N) is 1. The Balaban J connectivity index is 0.00000182. The number of hydrogen-bond donors (Lipinski definition) is 1. The van der Waals surface area contributed by atoms with Gasteiger partial charge >= 0.3 is 0 Å². The van der Waals surface area contributed by atoms with Crippen molar-refractivity contribution >= 4 is 18.0 Å². The third-order valence-corrected chi connectivity index (χ3v) is 4.58. The summed E-state index contributed by atoms with van der Waals surface area (Å²) >= 11 is 0. The summed E-state index contributed by atoms with van der Waals surface area (Å²) in [5.41, 5.74) is 2.69. The van der Waals surface area contributed by atoms with Gasteiger partial charge in [0.15, 0.2) is 0 Å². The molecule has 0 spiro atoms. The zero-order valence-electron chi connectivity index (χ0n) is 13.9. The molecule has 0 aliphatic carbocycles. The second-order valence-electron chi connectivity index (χ2n) is 6.13. The molecule has 2 aliphatic heterocycles. The summed E-state index contributed by atoms with van der Waals surface area (Å²) in [6.07, 6.45) is -0.673. The van der Waals surface area contributed by atoms with Gasteiger partial charge in [-0.05, 0) is 11.6 Å². The lowest BCUT2D eigenvalue weighted by molar-refractivity contribution is 0.0381. The van der Waals surface area contributed by atoms with Crippen LogP contribution < -0.4 is 4.74 Å². The molecule has 2 aliphatic rings. The van der Waals surface area contributed by atoms with Crippen LogP contribution in [0.15, 0.2) is 60.4 Å². The van der Waals surface area contributed by atoms with Crippen LogP contribution in [-0.4, -0.2) is 42.9 Å². The van der Waals surface area contributed by atoms with Gasteiger partial charge in [-0.3, -0.25) is 4.90 Å². The van der Waals surface area contributed by atoms with Gasteiger partial charge in [-0.25, -0.2) is 0 Å². The number of morpholine rings is 1. The van der Waals surface area contributed by atoms with E-state index in [4.69, 9.17) is 9.47 Å². The fraction of sp³-hybridized carbons (Fsp3) is 0.300. The molecule has 5 heteroatoms. The minimum Gasteiger partial charge on any atom is -0.460 e. The first kappa shape index (κ1) is 18.0. The number of benzene rings is 2. The van der Waals surface area contributed by atoms with E-state index < -0.39 is 6.10 Å². The van der Waals surface area contributed by atoms with E-state index in [-0.39, 0.29) is 12.4 Å². The molecule has 132 valence electrons. The Labute approximate surface area is 154 Å². The first-order chi connectivity index (χ1) is 11.8. The highest BCUT2D eigenvalue weighted by molar-refractivity contribution is 5.85. The molecule has 0 saturated carbocycles. The van der Waals surface area contributed by atoms with E-state index >= 15 is 0 Å². The highest BCUT2D eigenvalue weighted by Crippen LogP contribution is 2.42. The predicted octanol–water partition coefficient (Wildman–Crippen LogP) is 3.28. The Morgan fingerprint density at radius 2 is 1.64 bits per heavy atom.